The van der Waals surface area contributed by atoms with Gasteiger partial charge in [0.05, 0.1) is 6.26 Å². The SMILES string of the molecule is CNCC1C=COC1(c1ccccc1)c1ccccc1. The molecule has 0 aliphatic carbocycles. The van der Waals surface area contributed by atoms with Gasteiger partial charge >= 0.3 is 0 Å². The van der Waals surface area contributed by atoms with Crippen LogP contribution in [0.4, 0.5) is 0 Å². The minimum absolute atomic E-state index is 0.275. The first kappa shape index (κ1) is 12.9. The van der Waals surface area contributed by atoms with Crippen LogP contribution in [0.15, 0.2) is 73.0 Å². The summed E-state index contributed by atoms with van der Waals surface area (Å²) in [6, 6.07) is 20.9. The number of rotatable bonds is 4. The van der Waals surface area contributed by atoms with Crippen LogP contribution in [0, 0.1) is 5.92 Å². The van der Waals surface area contributed by atoms with E-state index in [0.29, 0.717) is 0 Å². The van der Waals surface area contributed by atoms with Gasteiger partial charge in [0.25, 0.3) is 0 Å². The number of ether oxygens (including phenoxy) is 1. The summed E-state index contributed by atoms with van der Waals surface area (Å²) in [5.74, 6) is 0.275. The maximum absolute atomic E-state index is 6.16. The fourth-order valence-corrected chi connectivity index (χ4v) is 3.00. The van der Waals surface area contributed by atoms with Gasteiger partial charge in [-0.2, -0.15) is 0 Å². The Morgan fingerprint density at radius 1 is 0.950 bits per heavy atom. The summed E-state index contributed by atoms with van der Waals surface area (Å²) in [7, 11) is 1.98. The lowest BCUT2D eigenvalue weighted by atomic mass is 9.77. The predicted octanol–water partition coefficient (Wildman–Crippen LogP) is 3.31. The van der Waals surface area contributed by atoms with Crippen molar-refractivity contribution in [2.75, 3.05) is 13.6 Å². The molecule has 0 aromatic heterocycles. The van der Waals surface area contributed by atoms with Gasteiger partial charge in [-0.3, -0.25) is 0 Å². The highest BCUT2D eigenvalue weighted by Crippen LogP contribution is 2.44. The molecule has 20 heavy (non-hydrogen) atoms. The first-order valence-corrected chi connectivity index (χ1v) is 6.98. The van der Waals surface area contributed by atoms with Crippen LogP contribution < -0.4 is 5.32 Å². The molecule has 0 amide bonds. The third kappa shape index (κ3) is 2.02. The van der Waals surface area contributed by atoms with Crippen molar-refractivity contribution in [2.45, 2.75) is 5.60 Å². The highest BCUT2D eigenvalue weighted by atomic mass is 16.5. The summed E-state index contributed by atoms with van der Waals surface area (Å²) < 4.78 is 6.16. The van der Waals surface area contributed by atoms with Crippen molar-refractivity contribution >= 4 is 0 Å². The fraction of sp³-hybridized carbons (Fsp3) is 0.222. The van der Waals surface area contributed by atoms with Gasteiger partial charge in [0.2, 0.25) is 0 Å². The molecule has 1 unspecified atom stereocenters. The topological polar surface area (TPSA) is 21.3 Å². The molecular formula is C18H19NO. The Hall–Kier alpha value is -2.06. The monoisotopic (exact) mass is 265 g/mol. The Labute approximate surface area is 120 Å². The van der Waals surface area contributed by atoms with E-state index in [1.54, 1.807) is 0 Å². The normalized spacial score (nSPS) is 19.8. The highest BCUT2D eigenvalue weighted by molar-refractivity contribution is 5.40. The van der Waals surface area contributed by atoms with Gasteiger partial charge in [-0.05, 0) is 13.1 Å². The van der Waals surface area contributed by atoms with E-state index in [9.17, 15) is 0 Å². The molecule has 2 nitrogen and oxygen atoms in total. The summed E-state index contributed by atoms with van der Waals surface area (Å²) in [6.45, 7) is 0.875. The Bertz CT molecular complexity index is 537. The lowest BCUT2D eigenvalue weighted by Crippen LogP contribution is -2.39. The summed E-state index contributed by atoms with van der Waals surface area (Å²) >= 11 is 0. The molecule has 1 heterocycles. The minimum atomic E-state index is -0.425. The Balaban J connectivity index is 2.14. The molecular weight excluding hydrogens is 246 g/mol. The maximum atomic E-state index is 6.16. The summed E-state index contributed by atoms with van der Waals surface area (Å²) in [6.07, 6.45) is 3.98. The third-order valence-corrected chi connectivity index (χ3v) is 3.92. The quantitative estimate of drug-likeness (QED) is 0.915. The number of hydrogen-bond acceptors (Lipinski definition) is 2. The zero-order chi connectivity index (χ0) is 13.8. The molecule has 3 rings (SSSR count). The largest absolute Gasteiger partial charge is 0.485 e. The molecule has 0 radical (unpaired) electrons. The molecule has 102 valence electrons. The second-order valence-corrected chi connectivity index (χ2v) is 5.08. The Morgan fingerprint density at radius 3 is 2.00 bits per heavy atom. The smallest absolute Gasteiger partial charge is 0.166 e. The molecule has 0 bridgehead atoms. The van der Waals surface area contributed by atoms with Crippen LogP contribution >= 0.6 is 0 Å². The zero-order valence-corrected chi connectivity index (χ0v) is 11.6. The van der Waals surface area contributed by atoms with Gasteiger partial charge in [0.15, 0.2) is 5.60 Å². The molecule has 1 aliphatic heterocycles. The molecule has 0 fully saturated rings. The molecule has 1 atom stereocenters. The molecule has 2 aromatic carbocycles. The van der Waals surface area contributed by atoms with E-state index in [2.05, 4.69) is 59.9 Å². The molecule has 0 saturated carbocycles. The van der Waals surface area contributed by atoms with Gasteiger partial charge in [-0.1, -0.05) is 60.7 Å². The number of benzene rings is 2. The van der Waals surface area contributed by atoms with Crippen molar-refractivity contribution in [1.82, 2.24) is 5.32 Å². The fourth-order valence-electron chi connectivity index (χ4n) is 3.00. The number of hydrogen-bond donors (Lipinski definition) is 1. The van der Waals surface area contributed by atoms with E-state index in [1.165, 1.54) is 11.1 Å². The zero-order valence-electron chi connectivity index (χ0n) is 11.6. The third-order valence-electron chi connectivity index (χ3n) is 3.92. The first-order chi connectivity index (χ1) is 9.88. The van der Waals surface area contributed by atoms with Gasteiger partial charge in [-0.15, -0.1) is 0 Å². The van der Waals surface area contributed by atoms with Gasteiger partial charge in [0, 0.05) is 23.6 Å². The first-order valence-electron chi connectivity index (χ1n) is 6.98. The van der Waals surface area contributed by atoms with Crippen LogP contribution in [0.3, 0.4) is 0 Å². The van der Waals surface area contributed by atoms with E-state index in [4.69, 9.17) is 4.74 Å². The van der Waals surface area contributed by atoms with Crippen molar-refractivity contribution < 1.29 is 4.74 Å². The molecule has 2 aromatic rings. The van der Waals surface area contributed by atoms with Crippen molar-refractivity contribution in [3.05, 3.63) is 84.1 Å². The van der Waals surface area contributed by atoms with Crippen LogP contribution in [0.1, 0.15) is 11.1 Å². The van der Waals surface area contributed by atoms with Gasteiger partial charge in [0.1, 0.15) is 0 Å². The molecule has 2 heteroatoms. The minimum Gasteiger partial charge on any atom is -0.485 e. The van der Waals surface area contributed by atoms with E-state index < -0.39 is 5.60 Å². The number of nitrogens with one attached hydrogen (secondary N) is 1. The van der Waals surface area contributed by atoms with Crippen molar-refractivity contribution in [3.8, 4) is 0 Å². The van der Waals surface area contributed by atoms with Crippen molar-refractivity contribution in [3.63, 3.8) is 0 Å². The highest BCUT2D eigenvalue weighted by Gasteiger charge is 2.45. The average molecular weight is 265 g/mol. The van der Waals surface area contributed by atoms with Crippen LogP contribution in [-0.2, 0) is 10.3 Å². The van der Waals surface area contributed by atoms with Crippen LogP contribution in [0.25, 0.3) is 0 Å². The molecule has 0 spiro atoms. The lowest BCUT2D eigenvalue weighted by molar-refractivity contribution is 0.0453. The predicted molar refractivity (Wildman–Crippen MR) is 81.3 cm³/mol. The van der Waals surface area contributed by atoms with E-state index in [-0.39, 0.29) is 5.92 Å². The van der Waals surface area contributed by atoms with E-state index >= 15 is 0 Å². The van der Waals surface area contributed by atoms with Crippen molar-refractivity contribution in [2.24, 2.45) is 5.92 Å². The van der Waals surface area contributed by atoms with Crippen LogP contribution in [0.2, 0.25) is 0 Å². The average Bonchev–Trinajstić information content (AvgIpc) is 2.94. The summed E-state index contributed by atoms with van der Waals surface area (Å²) in [4.78, 5) is 0. The van der Waals surface area contributed by atoms with Gasteiger partial charge < -0.3 is 10.1 Å². The van der Waals surface area contributed by atoms with E-state index in [1.807, 2.05) is 25.4 Å². The second-order valence-electron chi connectivity index (χ2n) is 5.08. The molecule has 1 N–H and O–H groups in total. The molecule has 0 saturated heterocycles. The summed E-state index contributed by atoms with van der Waals surface area (Å²) in [5, 5.41) is 3.27. The molecule has 1 aliphatic rings. The summed E-state index contributed by atoms with van der Waals surface area (Å²) in [5.41, 5.74) is 1.96. The standard InChI is InChI=1S/C18H19NO/c1-19-14-17-12-13-20-18(17,15-8-4-2-5-9-15)16-10-6-3-7-11-16/h2-13,17,19H,14H2,1H3. The van der Waals surface area contributed by atoms with Crippen molar-refractivity contribution in [1.29, 1.82) is 0 Å². The second kappa shape index (κ2) is 5.51. The van der Waals surface area contributed by atoms with Gasteiger partial charge in [-0.25, -0.2) is 0 Å². The van der Waals surface area contributed by atoms with E-state index in [0.717, 1.165) is 6.54 Å². The Morgan fingerprint density at radius 2 is 1.50 bits per heavy atom. The lowest BCUT2D eigenvalue weighted by Gasteiger charge is -2.35. The maximum Gasteiger partial charge on any atom is 0.166 e. The Kier molecular flexibility index (Phi) is 3.57. The van der Waals surface area contributed by atoms with Crippen LogP contribution in [-0.4, -0.2) is 13.6 Å². The van der Waals surface area contributed by atoms with Crippen LogP contribution in [0.5, 0.6) is 0 Å².